The Morgan fingerprint density at radius 2 is 1.63 bits per heavy atom. The lowest BCUT2D eigenvalue weighted by Gasteiger charge is -2.43. The van der Waals surface area contributed by atoms with Crippen LogP contribution in [0.4, 0.5) is 0 Å². The average Bonchev–Trinajstić information content (AvgIpc) is 3.57. The quantitative estimate of drug-likeness (QED) is 0.467. The zero-order chi connectivity index (χ0) is 30.4. The molecular formula is C32H34BrN3O7. The summed E-state index contributed by atoms with van der Waals surface area (Å²) in [6.07, 6.45) is 3.32. The Labute approximate surface area is 258 Å². The van der Waals surface area contributed by atoms with E-state index in [1.54, 1.807) is 34.1 Å². The molecule has 43 heavy (non-hydrogen) atoms. The first-order valence-corrected chi connectivity index (χ1v) is 15.7. The van der Waals surface area contributed by atoms with Gasteiger partial charge in [0.1, 0.15) is 11.9 Å². The molecule has 0 aromatic heterocycles. The third-order valence-corrected chi connectivity index (χ3v) is 10.1. The smallest absolute Gasteiger partial charge is 0.307 e. The van der Waals surface area contributed by atoms with Gasteiger partial charge in [-0.2, -0.15) is 0 Å². The average molecular weight is 653 g/mol. The zero-order valence-corrected chi connectivity index (χ0v) is 25.5. The predicted octanol–water partition coefficient (Wildman–Crippen LogP) is 4.06. The Morgan fingerprint density at radius 3 is 2.26 bits per heavy atom. The predicted molar refractivity (Wildman–Crippen MR) is 158 cm³/mol. The molecule has 4 amide bonds. The van der Waals surface area contributed by atoms with Crippen LogP contribution in [0.25, 0.3) is 0 Å². The van der Waals surface area contributed by atoms with E-state index in [2.05, 4.69) is 15.9 Å². The Balaban J connectivity index is 1.40. The van der Waals surface area contributed by atoms with Crippen molar-refractivity contribution in [2.24, 2.45) is 11.8 Å². The molecule has 6 rings (SSSR count). The molecule has 3 aliphatic heterocycles. The van der Waals surface area contributed by atoms with Gasteiger partial charge < -0.3 is 19.6 Å². The summed E-state index contributed by atoms with van der Waals surface area (Å²) >= 11 is 3.67. The number of ether oxygens (including phenoxy) is 1. The van der Waals surface area contributed by atoms with Gasteiger partial charge in [0.15, 0.2) is 0 Å². The summed E-state index contributed by atoms with van der Waals surface area (Å²) in [6.45, 7) is 2.77. The van der Waals surface area contributed by atoms with Crippen molar-refractivity contribution < 1.29 is 33.8 Å². The van der Waals surface area contributed by atoms with Crippen molar-refractivity contribution in [2.45, 2.75) is 57.6 Å². The lowest BCUT2D eigenvalue weighted by molar-refractivity contribution is -0.153. The van der Waals surface area contributed by atoms with Gasteiger partial charge in [0, 0.05) is 36.5 Å². The third kappa shape index (κ3) is 5.32. The number of carbonyl (C=O) groups is 5. The topological polar surface area (TPSA) is 125 Å². The first-order valence-electron chi connectivity index (χ1n) is 14.9. The Kier molecular flexibility index (Phi) is 8.02. The number of halogens is 1. The van der Waals surface area contributed by atoms with Gasteiger partial charge >= 0.3 is 5.97 Å². The van der Waals surface area contributed by atoms with Gasteiger partial charge in [-0.15, -0.1) is 0 Å². The third-order valence-electron chi connectivity index (χ3n) is 9.37. The Hall–Kier alpha value is -3.73. The molecule has 1 saturated heterocycles. The summed E-state index contributed by atoms with van der Waals surface area (Å²) in [6, 6.07) is 9.64. The van der Waals surface area contributed by atoms with Crippen LogP contribution in [-0.4, -0.2) is 81.7 Å². The molecule has 4 atom stereocenters. The minimum Gasteiger partial charge on any atom is -0.488 e. The highest BCUT2D eigenvalue weighted by molar-refractivity contribution is 9.10. The molecule has 3 heterocycles. The number of benzene rings is 2. The van der Waals surface area contributed by atoms with Gasteiger partial charge in [-0.05, 0) is 49.1 Å². The van der Waals surface area contributed by atoms with Crippen LogP contribution in [0.15, 0.2) is 40.9 Å². The standard InChI is InChI=1S/C32H34BrN3O7/c1-18(37)34-14-12-19(16-34)43-27-11-10-25(33)24-13-15-35(29(38)22-8-4-5-9-23(22)32(41)42)26(28(24)27)17-36-30(39)20-6-2-3-7-21(20)31(36)40/h2-3,6-7,10-11,19,22-23,26H,4-5,8-9,12-17H2,1H3,(H,41,42)/t19-,22?,23+,26+/m0/s1. The molecule has 0 radical (unpaired) electrons. The Bertz CT molecular complexity index is 1470. The molecule has 2 aromatic rings. The maximum Gasteiger partial charge on any atom is 0.307 e. The van der Waals surface area contributed by atoms with Crippen LogP contribution in [0.3, 0.4) is 0 Å². The van der Waals surface area contributed by atoms with Crippen LogP contribution in [0.2, 0.25) is 0 Å². The second kappa shape index (κ2) is 11.7. The van der Waals surface area contributed by atoms with E-state index in [9.17, 15) is 29.1 Å². The molecule has 226 valence electrons. The van der Waals surface area contributed by atoms with Gasteiger partial charge in [-0.25, -0.2) is 0 Å². The number of carboxylic acid groups (broad SMARTS) is 1. The molecule has 10 nitrogen and oxygen atoms in total. The van der Waals surface area contributed by atoms with E-state index in [0.29, 0.717) is 67.8 Å². The number of aliphatic carboxylic acids is 1. The van der Waals surface area contributed by atoms with Gasteiger partial charge in [-0.1, -0.05) is 40.9 Å². The number of rotatable bonds is 6. The highest BCUT2D eigenvalue weighted by atomic mass is 79.9. The molecule has 1 saturated carbocycles. The number of amides is 4. The van der Waals surface area contributed by atoms with E-state index in [-0.39, 0.29) is 24.5 Å². The lowest BCUT2D eigenvalue weighted by atomic mass is 9.77. The van der Waals surface area contributed by atoms with Crippen molar-refractivity contribution in [2.75, 3.05) is 26.2 Å². The van der Waals surface area contributed by atoms with Crippen molar-refractivity contribution >= 4 is 45.5 Å². The fraction of sp³-hybridized carbons (Fsp3) is 0.469. The second-order valence-electron chi connectivity index (χ2n) is 11.8. The fourth-order valence-electron chi connectivity index (χ4n) is 7.14. The number of fused-ring (bicyclic) bond motifs is 2. The Morgan fingerprint density at radius 1 is 0.953 bits per heavy atom. The van der Waals surface area contributed by atoms with Crippen LogP contribution < -0.4 is 4.74 Å². The summed E-state index contributed by atoms with van der Waals surface area (Å²) in [5.74, 6) is -3.05. The van der Waals surface area contributed by atoms with E-state index >= 15 is 0 Å². The fourth-order valence-corrected chi connectivity index (χ4v) is 7.68. The molecule has 11 heteroatoms. The highest BCUT2D eigenvalue weighted by Crippen LogP contribution is 2.44. The van der Waals surface area contributed by atoms with E-state index in [0.717, 1.165) is 22.9 Å². The number of carbonyl (C=O) groups excluding carboxylic acids is 4. The monoisotopic (exact) mass is 651 g/mol. The number of nitrogens with zero attached hydrogens (tertiary/aromatic N) is 3. The molecule has 2 fully saturated rings. The summed E-state index contributed by atoms with van der Waals surface area (Å²) in [5.41, 5.74) is 2.26. The number of carboxylic acids is 1. The minimum absolute atomic E-state index is 0.0234. The maximum absolute atomic E-state index is 14.3. The molecule has 4 aliphatic rings. The molecule has 1 aliphatic carbocycles. The number of imide groups is 1. The first-order chi connectivity index (χ1) is 20.7. The minimum atomic E-state index is -0.976. The molecule has 1 N–H and O–H groups in total. The summed E-state index contributed by atoms with van der Waals surface area (Å²) in [5, 5.41) is 9.96. The molecule has 1 unspecified atom stereocenters. The number of likely N-dealkylation sites (tertiary alicyclic amines) is 1. The van der Waals surface area contributed by atoms with E-state index < -0.39 is 35.7 Å². The van der Waals surface area contributed by atoms with Crippen LogP contribution in [0.1, 0.15) is 76.9 Å². The number of hydrogen-bond acceptors (Lipinski definition) is 6. The van der Waals surface area contributed by atoms with Gasteiger partial charge in [0.25, 0.3) is 11.8 Å². The van der Waals surface area contributed by atoms with Crippen molar-refractivity contribution in [1.29, 1.82) is 0 Å². The van der Waals surface area contributed by atoms with E-state index in [4.69, 9.17) is 4.74 Å². The maximum atomic E-state index is 14.3. The van der Waals surface area contributed by atoms with Crippen molar-refractivity contribution in [1.82, 2.24) is 14.7 Å². The largest absolute Gasteiger partial charge is 0.488 e. The van der Waals surface area contributed by atoms with Gasteiger partial charge in [0.2, 0.25) is 11.8 Å². The molecule has 2 aromatic carbocycles. The van der Waals surface area contributed by atoms with Crippen molar-refractivity contribution in [3.05, 3.63) is 63.1 Å². The highest BCUT2D eigenvalue weighted by Gasteiger charge is 2.45. The van der Waals surface area contributed by atoms with Crippen LogP contribution >= 0.6 is 15.9 Å². The van der Waals surface area contributed by atoms with E-state index in [1.165, 1.54) is 11.8 Å². The summed E-state index contributed by atoms with van der Waals surface area (Å²) in [4.78, 5) is 70.0. The SMILES string of the molecule is CC(=O)N1CC[C@H](Oc2ccc(Br)c3c2[C@@H](CN2C(=O)c4ccccc4C2=O)N(C(=O)C2CCCC[C@H]2C(=O)O)CC3)C1. The first kappa shape index (κ1) is 29.3. The second-order valence-corrected chi connectivity index (χ2v) is 12.7. The van der Waals surface area contributed by atoms with Crippen LogP contribution in [-0.2, 0) is 20.8 Å². The summed E-state index contributed by atoms with van der Waals surface area (Å²) in [7, 11) is 0. The molecule has 0 spiro atoms. The van der Waals surface area contributed by atoms with Gasteiger partial charge in [0.05, 0.1) is 42.1 Å². The normalized spacial score (nSPS) is 25.0. The molecule has 0 bridgehead atoms. The van der Waals surface area contributed by atoms with Crippen LogP contribution in [0.5, 0.6) is 5.75 Å². The zero-order valence-electron chi connectivity index (χ0n) is 24.0. The van der Waals surface area contributed by atoms with Crippen LogP contribution in [0, 0.1) is 11.8 Å². The lowest BCUT2D eigenvalue weighted by Crippen LogP contribution is -2.50. The van der Waals surface area contributed by atoms with E-state index in [1.807, 2.05) is 12.1 Å². The van der Waals surface area contributed by atoms with Crippen molar-refractivity contribution in [3.8, 4) is 5.75 Å². The molecular weight excluding hydrogens is 618 g/mol. The summed E-state index contributed by atoms with van der Waals surface area (Å²) < 4.78 is 7.34. The van der Waals surface area contributed by atoms with Crippen molar-refractivity contribution in [3.63, 3.8) is 0 Å². The van der Waals surface area contributed by atoms with Gasteiger partial charge in [-0.3, -0.25) is 28.9 Å². The number of hydrogen-bond donors (Lipinski definition) is 1.